The summed E-state index contributed by atoms with van der Waals surface area (Å²) in [6.07, 6.45) is 3.63. The summed E-state index contributed by atoms with van der Waals surface area (Å²) in [5, 5.41) is 9.57. The molecular weight excluding hydrogens is 426 g/mol. The summed E-state index contributed by atoms with van der Waals surface area (Å²) in [4.78, 5) is 41.6. The van der Waals surface area contributed by atoms with Crippen molar-refractivity contribution in [1.82, 2.24) is 20.1 Å². The fraction of sp³-hybridized carbons (Fsp3) is 0.348. The number of hydrogen-bond donors (Lipinski definition) is 2. The molecule has 10 heteroatoms. The second kappa shape index (κ2) is 9.27. The van der Waals surface area contributed by atoms with E-state index in [0.717, 1.165) is 18.5 Å². The van der Waals surface area contributed by atoms with Gasteiger partial charge < -0.3 is 14.8 Å². The maximum Gasteiger partial charge on any atom is 0.339 e. The highest BCUT2D eigenvalue weighted by Gasteiger charge is 2.28. The molecule has 2 N–H and O–H groups in total. The predicted octanol–water partition coefficient (Wildman–Crippen LogP) is 3.40. The van der Waals surface area contributed by atoms with E-state index in [2.05, 4.69) is 15.7 Å². The topological polar surface area (TPSA) is 124 Å². The second-order valence-corrected chi connectivity index (χ2v) is 8.10. The Morgan fingerprint density at radius 1 is 1.18 bits per heavy atom. The minimum absolute atomic E-state index is 0.0725. The van der Waals surface area contributed by atoms with Crippen LogP contribution < -0.4 is 15.4 Å². The van der Waals surface area contributed by atoms with E-state index in [4.69, 9.17) is 14.5 Å². The molecule has 1 fully saturated rings. The largest absolute Gasteiger partial charge is 0.497 e. The van der Waals surface area contributed by atoms with E-state index in [9.17, 15) is 14.4 Å². The highest BCUT2D eigenvalue weighted by molar-refractivity contribution is 6.05. The number of rotatable bonds is 7. The molecule has 3 aromatic rings. The molecular formula is C23H25N5O5. The van der Waals surface area contributed by atoms with Crippen molar-refractivity contribution in [1.29, 1.82) is 0 Å². The number of benzene rings is 1. The molecule has 33 heavy (non-hydrogen) atoms. The average molecular weight is 451 g/mol. The molecule has 0 bridgehead atoms. The Balaban J connectivity index is 1.39. The molecule has 2 aromatic heterocycles. The second-order valence-electron chi connectivity index (χ2n) is 8.10. The fourth-order valence-corrected chi connectivity index (χ4v) is 3.38. The van der Waals surface area contributed by atoms with Crippen LogP contribution in [0.5, 0.6) is 5.75 Å². The van der Waals surface area contributed by atoms with Gasteiger partial charge in [0.1, 0.15) is 5.75 Å². The summed E-state index contributed by atoms with van der Waals surface area (Å²) in [5.41, 5.74) is 2.22. The number of urea groups is 1. The van der Waals surface area contributed by atoms with Gasteiger partial charge in [-0.05, 0) is 57.0 Å². The number of esters is 1. The van der Waals surface area contributed by atoms with E-state index in [-0.39, 0.29) is 6.04 Å². The Kier molecular flexibility index (Phi) is 6.25. The van der Waals surface area contributed by atoms with Gasteiger partial charge in [0.15, 0.2) is 12.3 Å². The third-order valence-electron chi connectivity index (χ3n) is 5.23. The first kappa shape index (κ1) is 22.3. The number of fused-ring (bicyclic) bond motifs is 1. The van der Waals surface area contributed by atoms with E-state index >= 15 is 0 Å². The number of nitrogens with zero attached hydrogens (tertiary/aromatic N) is 3. The number of carbonyl (C=O) groups is 3. The molecule has 0 unspecified atom stereocenters. The van der Waals surface area contributed by atoms with Crippen LogP contribution in [-0.4, -0.2) is 46.4 Å². The summed E-state index contributed by atoms with van der Waals surface area (Å²) in [7, 11) is 1.54. The van der Waals surface area contributed by atoms with Crippen molar-refractivity contribution in [3.63, 3.8) is 0 Å². The molecule has 0 radical (unpaired) electrons. The van der Waals surface area contributed by atoms with Gasteiger partial charge in [-0.15, -0.1) is 0 Å². The first-order valence-electron chi connectivity index (χ1n) is 10.7. The lowest BCUT2D eigenvalue weighted by Gasteiger charge is -2.10. The Bertz CT molecular complexity index is 1200. The Labute approximate surface area is 190 Å². The van der Waals surface area contributed by atoms with Gasteiger partial charge >= 0.3 is 12.0 Å². The Morgan fingerprint density at radius 3 is 2.55 bits per heavy atom. The highest BCUT2D eigenvalue weighted by Crippen LogP contribution is 2.40. The van der Waals surface area contributed by atoms with Gasteiger partial charge in [-0.3, -0.25) is 10.1 Å². The molecule has 1 aliphatic carbocycles. The minimum Gasteiger partial charge on any atom is -0.497 e. The van der Waals surface area contributed by atoms with E-state index in [1.807, 2.05) is 13.8 Å². The zero-order valence-corrected chi connectivity index (χ0v) is 18.6. The molecule has 3 amide bonds. The van der Waals surface area contributed by atoms with Crippen LogP contribution in [0, 0.1) is 0 Å². The number of anilines is 1. The zero-order valence-electron chi connectivity index (χ0n) is 18.6. The molecule has 0 spiro atoms. The molecule has 2 heterocycles. The van der Waals surface area contributed by atoms with Crippen molar-refractivity contribution in [3.8, 4) is 5.75 Å². The predicted molar refractivity (Wildman–Crippen MR) is 120 cm³/mol. The normalized spacial score (nSPS) is 13.1. The van der Waals surface area contributed by atoms with Gasteiger partial charge in [0, 0.05) is 23.3 Å². The Hall–Kier alpha value is -3.95. The van der Waals surface area contributed by atoms with Gasteiger partial charge in [0.2, 0.25) is 0 Å². The van der Waals surface area contributed by atoms with E-state index in [0.29, 0.717) is 34.0 Å². The van der Waals surface area contributed by atoms with Crippen molar-refractivity contribution in [2.45, 2.75) is 38.6 Å². The first-order chi connectivity index (χ1) is 15.9. The lowest BCUT2D eigenvalue weighted by Crippen LogP contribution is -2.37. The first-order valence-corrected chi connectivity index (χ1v) is 10.7. The zero-order chi connectivity index (χ0) is 23.5. The Morgan fingerprint density at radius 2 is 1.91 bits per heavy atom. The number of amides is 3. The third-order valence-corrected chi connectivity index (χ3v) is 5.23. The molecule has 0 atom stereocenters. The molecule has 1 aromatic carbocycles. The lowest BCUT2D eigenvalue weighted by atomic mass is 10.1. The van der Waals surface area contributed by atoms with Crippen LogP contribution in [0.25, 0.3) is 11.0 Å². The SMILES string of the molecule is COc1ccc(NC(=O)NC(=O)COC(=O)c2cc(C3CC3)nc3c2cnn3C(C)C)cc1. The monoisotopic (exact) mass is 451 g/mol. The molecule has 10 nitrogen and oxygen atoms in total. The van der Waals surface area contributed by atoms with Crippen LogP contribution in [0.4, 0.5) is 10.5 Å². The summed E-state index contributed by atoms with van der Waals surface area (Å²) >= 11 is 0. The van der Waals surface area contributed by atoms with Gasteiger partial charge in [-0.2, -0.15) is 5.10 Å². The van der Waals surface area contributed by atoms with Crippen LogP contribution in [0.15, 0.2) is 36.5 Å². The minimum atomic E-state index is -0.750. The maximum absolute atomic E-state index is 12.8. The van der Waals surface area contributed by atoms with Crippen LogP contribution in [0.1, 0.15) is 54.7 Å². The quantitative estimate of drug-likeness (QED) is 0.528. The van der Waals surface area contributed by atoms with E-state index in [1.54, 1.807) is 41.2 Å². The molecule has 172 valence electrons. The molecule has 0 aliphatic heterocycles. The van der Waals surface area contributed by atoms with Crippen molar-refractivity contribution in [3.05, 3.63) is 47.8 Å². The number of nitrogens with one attached hydrogen (secondary N) is 2. The van der Waals surface area contributed by atoms with E-state index < -0.39 is 24.5 Å². The van der Waals surface area contributed by atoms with Gasteiger partial charge in [-0.25, -0.2) is 19.3 Å². The number of ether oxygens (including phenoxy) is 2. The van der Waals surface area contributed by atoms with Gasteiger partial charge in [0.05, 0.1) is 24.3 Å². The summed E-state index contributed by atoms with van der Waals surface area (Å²) in [6.45, 7) is 3.37. The number of aromatic nitrogens is 3. The lowest BCUT2D eigenvalue weighted by molar-refractivity contribution is -0.123. The average Bonchev–Trinajstić information content (AvgIpc) is 3.55. The number of carbonyl (C=O) groups excluding carboxylic acids is 3. The fourth-order valence-electron chi connectivity index (χ4n) is 3.38. The maximum atomic E-state index is 12.8. The third kappa shape index (κ3) is 5.11. The van der Waals surface area contributed by atoms with Crippen LogP contribution in [0.2, 0.25) is 0 Å². The molecule has 4 rings (SSSR count). The molecule has 0 saturated heterocycles. The highest BCUT2D eigenvalue weighted by atomic mass is 16.5. The van der Waals surface area contributed by atoms with Gasteiger partial charge in [0.25, 0.3) is 5.91 Å². The number of imide groups is 1. The smallest absolute Gasteiger partial charge is 0.339 e. The molecule has 1 saturated carbocycles. The molecule has 1 aliphatic rings. The van der Waals surface area contributed by atoms with Crippen molar-refractivity contribution in [2.24, 2.45) is 0 Å². The van der Waals surface area contributed by atoms with Crippen LogP contribution in [-0.2, 0) is 9.53 Å². The number of pyridine rings is 1. The number of methoxy groups -OCH3 is 1. The van der Waals surface area contributed by atoms with Crippen molar-refractivity contribution < 1.29 is 23.9 Å². The van der Waals surface area contributed by atoms with Gasteiger partial charge in [-0.1, -0.05) is 0 Å². The van der Waals surface area contributed by atoms with Crippen LogP contribution in [0.3, 0.4) is 0 Å². The summed E-state index contributed by atoms with van der Waals surface area (Å²) < 4.78 is 12.0. The standard InChI is InChI=1S/C23H25N5O5/c1-13(2)28-21-18(11-24-28)17(10-19(26-21)14-4-5-14)22(30)33-12-20(29)27-23(31)25-15-6-8-16(32-3)9-7-15/h6-11,13-14H,4-5,12H2,1-3H3,(H2,25,27,29,31). The van der Waals surface area contributed by atoms with E-state index in [1.165, 1.54) is 7.11 Å². The van der Waals surface area contributed by atoms with Crippen LogP contribution >= 0.6 is 0 Å². The number of hydrogen-bond acceptors (Lipinski definition) is 7. The summed E-state index contributed by atoms with van der Waals surface area (Å²) in [6, 6.07) is 7.66. The van der Waals surface area contributed by atoms with Crippen molar-refractivity contribution in [2.75, 3.05) is 19.0 Å². The van der Waals surface area contributed by atoms with Crippen molar-refractivity contribution >= 4 is 34.6 Å². The summed E-state index contributed by atoms with van der Waals surface area (Å²) in [5.74, 6) is -0.461.